The van der Waals surface area contributed by atoms with Gasteiger partial charge < -0.3 is 21.0 Å². The Kier molecular flexibility index (Phi) is 40.4. The number of nitrogens with one attached hydrogen (secondary N) is 3. The van der Waals surface area contributed by atoms with Gasteiger partial charge in [0.1, 0.15) is 11.5 Å². The van der Waals surface area contributed by atoms with Crippen molar-refractivity contribution in [1.82, 2.24) is 21.3 Å². The number of benzene rings is 3. The Morgan fingerprint density at radius 1 is 0.716 bits per heavy atom. The predicted molar refractivity (Wildman–Crippen MR) is 264 cm³/mol. The number of carbonyl (C=O) groups is 4. The maximum atomic E-state index is 13.9. The monoisotopic (exact) mass is 1020 g/mol. The van der Waals surface area contributed by atoms with E-state index in [2.05, 4.69) is 76.6 Å². The van der Waals surface area contributed by atoms with Crippen LogP contribution in [-0.4, -0.2) is 60.8 Å². The van der Waals surface area contributed by atoms with Crippen LogP contribution in [0.3, 0.4) is 0 Å². The maximum absolute atomic E-state index is 13.9. The zero-order valence-corrected chi connectivity index (χ0v) is 51.4. The van der Waals surface area contributed by atoms with E-state index in [0.29, 0.717) is 22.4 Å². The second kappa shape index (κ2) is 38.6. The first-order valence-electron chi connectivity index (χ1n) is 22.5. The van der Waals surface area contributed by atoms with E-state index in [0.717, 1.165) is 66.5 Å². The SMILES string of the molecule is CCCCCCC(N(NC(=O)c1cccc(OC)c1C)C(=O)c1cc(C)cc(C)c1)C(C)(C)C.CCCCCCC(NNC(=O)c1cccc(OC)c1C)C(C)(C)C.ClCCl.O=CO[O-].[H-].[K+].[K+]. The number of unbranched alkanes of at least 4 members (excludes halogenated alkanes) is 6. The Morgan fingerprint density at radius 3 is 1.54 bits per heavy atom. The zero-order chi connectivity index (χ0) is 49.8. The number of amides is 3. The molecule has 0 aromatic heterocycles. The van der Waals surface area contributed by atoms with Crippen LogP contribution in [0, 0.1) is 38.5 Å². The normalized spacial score (nSPS) is 11.4. The third-order valence-corrected chi connectivity index (χ3v) is 10.8. The van der Waals surface area contributed by atoms with E-state index in [-0.39, 0.29) is 157 Å². The summed E-state index contributed by atoms with van der Waals surface area (Å²) >= 11 is 9.53. The van der Waals surface area contributed by atoms with Crippen molar-refractivity contribution in [2.75, 3.05) is 19.6 Å². The number of hydrazine groups is 2. The van der Waals surface area contributed by atoms with Crippen molar-refractivity contribution in [3.05, 3.63) is 93.5 Å². The van der Waals surface area contributed by atoms with Crippen molar-refractivity contribution in [3.8, 4) is 11.5 Å². The molecule has 67 heavy (non-hydrogen) atoms. The summed E-state index contributed by atoms with van der Waals surface area (Å²) in [6.07, 6.45) is 11.2. The molecule has 0 saturated carbocycles. The van der Waals surface area contributed by atoms with Crippen LogP contribution in [0.4, 0.5) is 0 Å². The average Bonchev–Trinajstić information content (AvgIpc) is 3.24. The van der Waals surface area contributed by atoms with Crippen LogP contribution in [-0.2, 0) is 9.68 Å². The molecular weight excluding hydrogens is 946 g/mol. The van der Waals surface area contributed by atoms with Crippen molar-refractivity contribution in [1.29, 1.82) is 0 Å². The van der Waals surface area contributed by atoms with Gasteiger partial charge in [0.25, 0.3) is 24.2 Å². The van der Waals surface area contributed by atoms with Crippen LogP contribution in [0.5, 0.6) is 11.5 Å². The van der Waals surface area contributed by atoms with Crippen molar-refractivity contribution in [2.24, 2.45) is 10.8 Å². The molecule has 0 bridgehead atoms. The van der Waals surface area contributed by atoms with Gasteiger partial charge in [-0.05, 0) is 87.8 Å². The molecule has 0 aliphatic rings. The summed E-state index contributed by atoms with van der Waals surface area (Å²) < 4.78 is 10.7. The summed E-state index contributed by atoms with van der Waals surface area (Å²) in [7, 11) is 3.21. The first kappa shape index (κ1) is 70.2. The van der Waals surface area contributed by atoms with E-state index < -0.39 is 0 Å². The summed E-state index contributed by atoms with van der Waals surface area (Å²) in [6.45, 7) is 24.9. The van der Waals surface area contributed by atoms with Crippen LogP contribution in [0.2, 0.25) is 0 Å². The van der Waals surface area contributed by atoms with E-state index in [1.165, 1.54) is 25.7 Å². The van der Waals surface area contributed by atoms with E-state index in [9.17, 15) is 14.4 Å². The van der Waals surface area contributed by atoms with Crippen molar-refractivity contribution in [3.63, 3.8) is 0 Å². The van der Waals surface area contributed by atoms with Gasteiger partial charge in [0.15, 0.2) is 0 Å². The molecule has 0 radical (unpaired) electrons. The molecule has 3 rings (SSSR count). The minimum Gasteiger partial charge on any atom is -1.00 e. The van der Waals surface area contributed by atoms with Gasteiger partial charge in [0, 0.05) is 33.9 Å². The van der Waals surface area contributed by atoms with Crippen LogP contribution >= 0.6 is 23.2 Å². The molecule has 0 aliphatic heterocycles. The zero-order valence-electron chi connectivity index (χ0n) is 44.7. The van der Waals surface area contributed by atoms with Crippen LogP contribution in [0.1, 0.15) is 174 Å². The van der Waals surface area contributed by atoms with Gasteiger partial charge in [-0.2, -0.15) is 0 Å². The summed E-state index contributed by atoms with van der Waals surface area (Å²) in [5.41, 5.74) is 14.4. The molecule has 0 spiro atoms. The Labute approximate surface area is 500 Å². The van der Waals surface area contributed by atoms with Crippen molar-refractivity contribution >= 4 is 47.4 Å². The third kappa shape index (κ3) is 27.4. The Balaban J connectivity index is -0.000000529. The molecule has 0 fully saturated rings. The van der Waals surface area contributed by atoms with E-state index in [1.54, 1.807) is 31.4 Å². The quantitative estimate of drug-likeness (QED) is 0.0358. The molecule has 0 aliphatic carbocycles. The van der Waals surface area contributed by atoms with Gasteiger partial charge in [-0.1, -0.05) is 136 Å². The molecule has 16 heteroatoms. The summed E-state index contributed by atoms with van der Waals surface area (Å²) in [5, 5.41) is 10.2. The number of alkyl halides is 2. The summed E-state index contributed by atoms with van der Waals surface area (Å²) in [5.74, 6) is 0.767. The molecule has 12 nitrogen and oxygen atoms in total. The van der Waals surface area contributed by atoms with Crippen molar-refractivity contribution in [2.45, 2.75) is 159 Å². The maximum Gasteiger partial charge on any atom is 1.00 e. The number of nitrogens with zero attached hydrogens (tertiary/aromatic N) is 1. The smallest absolute Gasteiger partial charge is 1.00 e. The number of rotatable bonds is 19. The number of halogens is 2. The van der Waals surface area contributed by atoms with Gasteiger partial charge in [0.2, 0.25) is 0 Å². The van der Waals surface area contributed by atoms with E-state index >= 15 is 0 Å². The number of carbonyl (C=O) groups excluding carboxylic acids is 4. The summed E-state index contributed by atoms with van der Waals surface area (Å²) in [4.78, 5) is 51.1. The minimum absolute atomic E-state index is 0. The van der Waals surface area contributed by atoms with Crippen LogP contribution < -0.4 is 134 Å². The molecular formula is C51H80Cl2K2N4O8. The van der Waals surface area contributed by atoms with Crippen LogP contribution in [0.25, 0.3) is 0 Å². The Morgan fingerprint density at radius 2 is 1.15 bits per heavy atom. The second-order valence-corrected chi connectivity index (χ2v) is 19.0. The molecule has 2 unspecified atom stereocenters. The number of hydrogen-bond donors (Lipinski definition) is 3. The fourth-order valence-corrected chi connectivity index (χ4v) is 7.27. The number of methoxy groups -OCH3 is 2. The van der Waals surface area contributed by atoms with Gasteiger partial charge in [-0.15, -0.1) is 23.2 Å². The molecule has 0 heterocycles. The summed E-state index contributed by atoms with van der Waals surface area (Å²) in [6, 6.07) is 16.8. The van der Waals surface area contributed by atoms with Crippen LogP contribution in [0.15, 0.2) is 54.6 Å². The molecule has 3 N–H and O–H groups in total. The van der Waals surface area contributed by atoms with Crippen molar-refractivity contribution < 1.29 is 143 Å². The number of hydrogen-bond acceptors (Lipinski definition) is 9. The largest absolute Gasteiger partial charge is 1.00 e. The van der Waals surface area contributed by atoms with Gasteiger partial charge in [-0.25, -0.2) is 10.4 Å². The number of ether oxygens (including phenoxy) is 2. The second-order valence-electron chi connectivity index (χ2n) is 18.1. The molecule has 3 amide bonds. The molecule has 3 aromatic carbocycles. The van der Waals surface area contributed by atoms with Gasteiger partial charge in [-0.3, -0.25) is 30.0 Å². The Hall–Kier alpha value is -1.09. The molecule has 3 aromatic rings. The standard InChI is InChI=1S/C29H42N2O3.C20H34N2O2.CH2Cl2.CH2O3.2K.H/c1-9-10-11-12-16-26(29(5,6)7)31(28(33)23-18-20(2)17-21(3)19-23)30-27(32)24-14-13-15-25(34-8)22(24)4;1-7-8-9-10-14-18(20(3,4)5)21-22-19(23)16-12-11-13-17(24-6)15(16)2;2-1-3;2-1-4-3;;;/h13-15,17-19,26H,9-12,16H2,1-8H3,(H,30,32);11-13,18,21H,7-10,14H2,1-6H3,(H,22,23);1H2;1,3H;;;/q;;;;2*+1;-1/p-1. The third-order valence-electron chi connectivity index (χ3n) is 10.8. The fraction of sp³-hybridized carbons (Fsp3) is 0.569. The van der Waals surface area contributed by atoms with E-state index in [1.807, 2.05) is 70.2 Å². The molecule has 0 saturated heterocycles. The number of aryl methyl sites for hydroxylation is 2. The first-order chi connectivity index (χ1) is 30.6. The Bertz CT molecular complexity index is 1860. The van der Waals surface area contributed by atoms with Gasteiger partial charge >= 0.3 is 103 Å². The topological polar surface area (TPSA) is 158 Å². The molecule has 368 valence electrons. The average molecular weight is 1030 g/mol. The minimum atomic E-state index is -0.308. The van der Waals surface area contributed by atoms with Gasteiger partial charge in [0.05, 0.1) is 25.6 Å². The fourth-order valence-electron chi connectivity index (χ4n) is 7.27. The predicted octanol–water partition coefficient (Wildman–Crippen LogP) is 5.39. The van der Waals surface area contributed by atoms with E-state index in [4.69, 9.17) is 42.7 Å². The first-order valence-corrected chi connectivity index (χ1v) is 23.6. The molecule has 2 atom stereocenters.